The van der Waals surface area contributed by atoms with Crippen molar-refractivity contribution in [2.24, 2.45) is 0 Å². The van der Waals surface area contributed by atoms with E-state index in [1.807, 2.05) is 0 Å². The Labute approximate surface area is 86.5 Å². The Kier molecular flexibility index (Phi) is 1.75. The molecule has 0 unspecified atom stereocenters. The SMILES string of the molecule is c1n[nH]c(-c2noc(-c3cnns3)n2)n1. The van der Waals surface area contributed by atoms with Gasteiger partial charge in [-0.25, -0.2) is 4.98 Å². The summed E-state index contributed by atoms with van der Waals surface area (Å²) >= 11 is 1.18. The molecule has 0 aliphatic rings. The first kappa shape index (κ1) is 8.17. The van der Waals surface area contributed by atoms with Gasteiger partial charge in [0.25, 0.3) is 5.89 Å². The molecule has 3 aromatic heterocycles. The molecule has 0 fully saturated rings. The molecule has 0 aliphatic carbocycles. The number of hydrogen-bond acceptors (Lipinski definition) is 8. The van der Waals surface area contributed by atoms with Gasteiger partial charge in [-0.1, -0.05) is 9.64 Å². The minimum atomic E-state index is 0.357. The standard InChI is InChI=1S/C6H3N7OS/c1-3(15-13-8-1)6-10-5(12-14-6)4-7-2-9-11-4/h1-2H,(H,7,9,11). The first-order chi connectivity index (χ1) is 7.43. The summed E-state index contributed by atoms with van der Waals surface area (Å²) in [5.74, 6) is 1.19. The third kappa shape index (κ3) is 1.38. The highest BCUT2D eigenvalue weighted by Gasteiger charge is 2.13. The molecule has 8 nitrogen and oxygen atoms in total. The van der Waals surface area contributed by atoms with Gasteiger partial charge in [-0.15, -0.1) is 5.10 Å². The largest absolute Gasteiger partial charge is 0.332 e. The highest BCUT2D eigenvalue weighted by Crippen LogP contribution is 2.21. The summed E-state index contributed by atoms with van der Waals surface area (Å²) in [4.78, 5) is 8.73. The van der Waals surface area contributed by atoms with Gasteiger partial charge in [-0.05, 0) is 11.5 Å². The lowest BCUT2D eigenvalue weighted by Gasteiger charge is -1.81. The summed E-state index contributed by atoms with van der Waals surface area (Å²) in [6.45, 7) is 0. The van der Waals surface area contributed by atoms with Crippen LogP contribution in [-0.4, -0.2) is 34.9 Å². The molecule has 9 heteroatoms. The quantitative estimate of drug-likeness (QED) is 0.666. The molecule has 0 amide bonds. The van der Waals surface area contributed by atoms with Crippen LogP contribution in [0.3, 0.4) is 0 Å². The number of nitrogens with one attached hydrogen (secondary N) is 1. The molecule has 3 heterocycles. The van der Waals surface area contributed by atoms with E-state index >= 15 is 0 Å². The van der Waals surface area contributed by atoms with Gasteiger partial charge in [0.1, 0.15) is 11.2 Å². The van der Waals surface area contributed by atoms with Crippen molar-refractivity contribution < 1.29 is 4.52 Å². The van der Waals surface area contributed by atoms with Gasteiger partial charge in [0.2, 0.25) is 5.82 Å². The van der Waals surface area contributed by atoms with E-state index in [1.165, 1.54) is 17.9 Å². The highest BCUT2D eigenvalue weighted by atomic mass is 32.1. The van der Waals surface area contributed by atoms with Gasteiger partial charge in [-0.2, -0.15) is 10.1 Å². The Hall–Kier alpha value is -2.16. The smallest absolute Gasteiger partial charge is 0.271 e. The molecule has 0 aromatic carbocycles. The highest BCUT2D eigenvalue weighted by molar-refractivity contribution is 7.09. The van der Waals surface area contributed by atoms with Crippen molar-refractivity contribution in [1.82, 2.24) is 34.9 Å². The maximum Gasteiger partial charge on any atom is 0.271 e. The topological polar surface area (TPSA) is 106 Å². The molecule has 0 saturated carbocycles. The Balaban J connectivity index is 2.02. The second-order valence-electron chi connectivity index (χ2n) is 2.54. The van der Waals surface area contributed by atoms with E-state index in [0.717, 1.165) is 0 Å². The van der Waals surface area contributed by atoms with E-state index in [9.17, 15) is 0 Å². The fourth-order valence-corrected chi connectivity index (χ4v) is 1.43. The minimum Gasteiger partial charge on any atom is -0.332 e. The van der Waals surface area contributed by atoms with Crippen molar-refractivity contribution in [1.29, 1.82) is 0 Å². The van der Waals surface area contributed by atoms with Crippen molar-refractivity contribution in [3.05, 3.63) is 12.5 Å². The van der Waals surface area contributed by atoms with Gasteiger partial charge in [-0.3, -0.25) is 5.10 Å². The predicted molar refractivity (Wildman–Crippen MR) is 48.6 cm³/mol. The van der Waals surface area contributed by atoms with Gasteiger partial charge in [0.15, 0.2) is 5.82 Å². The molecule has 74 valence electrons. The molecule has 15 heavy (non-hydrogen) atoms. The van der Waals surface area contributed by atoms with Crippen molar-refractivity contribution in [2.45, 2.75) is 0 Å². The van der Waals surface area contributed by atoms with Crippen molar-refractivity contribution >= 4 is 11.5 Å². The van der Waals surface area contributed by atoms with Crippen LogP contribution in [0.2, 0.25) is 0 Å². The average Bonchev–Trinajstić information content (AvgIpc) is 3.02. The van der Waals surface area contributed by atoms with Crippen LogP contribution in [0.25, 0.3) is 22.4 Å². The van der Waals surface area contributed by atoms with Crippen LogP contribution in [0, 0.1) is 0 Å². The lowest BCUT2D eigenvalue weighted by atomic mass is 10.5. The third-order valence-electron chi connectivity index (χ3n) is 1.62. The van der Waals surface area contributed by atoms with Gasteiger partial charge in [0, 0.05) is 0 Å². The molecule has 0 saturated heterocycles. The van der Waals surface area contributed by atoms with Crippen LogP contribution in [0.4, 0.5) is 0 Å². The zero-order valence-corrected chi connectivity index (χ0v) is 7.97. The van der Waals surface area contributed by atoms with Crippen LogP contribution in [0.5, 0.6) is 0 Å². The van der Waals surface area contributed by atoms with Crippen LogP contribution in [0.1, 0.15) is 0 Å². The van der Waals surface area contributed by atoms with Crippen LogP contribution in [0.15, 0.2) is 17.0 Å². The lowest BCUT2D eigenvalue weighted by Crippen LogP contribution is -1.82. The van der Waals surface area contributed by atoms with Gasteiger partial charge in [0.05, 0.1) is 6.20 Å². The fourth-order valence-electron chi connectivity index (χ4n) is 0.994. The molecule has 0 atom stereocenters. The summed E-state index contributed by atoms with van der Waals surface area (Å²) in [5.41, 5.74) is 0. The van der Waals surface area contributed by atoms with E-state index in [-0.39, 0.29) is 0 Å². The van der Waals surface area contributed by atoms with Crippen molar-refractivity contribution in [2.75, 3.05) is 0 Å². The second kappa shape index (κ2) is 3.20. The van der Waals surface area contributed by atoms with E-state index in [1.54, 1.807) is 6.20 Å². The molecule has 0 bridgehead atoms. The second-order valence-corrected chi connectivity index (χ2v) is 3.32. The van der Waals surface area contributed by atoms with Crippen LogP contribution < -0.4 is 0 Å². The predicted octanol–water partition coefficient (Wildman–Crippen LogP) is 0.373. The summed E-state index contributed by atoms with van der Waals surface area (Å²) in [7, 11) is 0. The van der Waals surface area contributed by atoms with Crippen molar-refractivity contribution in [3.63, 3.8) is 0 Å². The molecule has 0 aliphatic heterocycles. The zero-order chi connectivity index (χ0) is 10.1. The Morgan fingerprint density at radius 1 is 1.40 bits per heavy atom. The van der Waals surface area contributed by atoms with E-state index in [4.69, 9.17) is 4.52 Å². The summed E-state index contributed by atoms with van der Waals surface area (Å²) in [6, 6.07) is 0. The molecule has 0 spiro atoms. The Morgan fingerprint density at radius 2 is 2.40 bits per heavy atom. The van der Waals surface area contributed by atoms with Crippen LogP contribution >= 0.6 is 11.5 Å². The maximum absolute atomic E-state index is 5.01. The molecular formula is C6H3N7OS. The Morgan fingerprint density at radius 3 is 3.13 bits per heavy atom. The molecule has 3 aromatic rings. The normalized spacial score (nSPS) is 10.7. The average molecular weight is 221 g/mol. The number of aromatic amines is 1. The molecule has 1 N–H and O–H groups in total. The fraction of sp³-hybridized carbons (Fsp3) is 0. The molecule has 3 rings (SSSR count). The van der Waals surface area contributed by atoms with Gasteiger partial charge < -0.3 is 4.52 Å². The Bertz CT molecular complexity index is 493. The zero-order valence-electron chi connectivity index (χ0n) is 7.15. The van der Waals surface area contributed by atoms with E-state index in [0.29, 0.717) is 22.4 Å². The summed E-state index contributed by atoms with van der Waals surface area (Å²) in [5, 5.41) is 13.8. The monoisotopic (exact) mass is 221 g/mol. The first-order valence-electron chi connectivity index (χ1n) is 3.90. The number of rotatable bonds is 2. The number of hydrogen-bond donors (Lipinski definition) is 1. The maximum atomic E-state index is 5.01. The minimum absolute atomic E-state index is 0.357. The van der Waals surface area contributed by atoms with Crippen LogP contribution in [-0.2, 0) is 0 Å². The summed E-state index contributed by atoms with van der Waals surface area (Å²) < 4.78 is 8.71. The van der Waals surface area contributed by atoms with E-state index < -0.39 is 0 Å². The molecular weight excluding hydrogens is 218 g/mol. The molecule has 0 radical (unpaired) electrons. The lowest BCUT2D eigenvalue weighted by molar-refractivity contribution is 0.432. The number of aromatic nitrogens is 7. The van der Waals surface area contributed by atoms with E-state index in [2.05, 4.69) is 34.9 Å². The third-order valence-corrected chi connectivity index (χ3v) is 2.28. The number of H-pyrrole nitrogens is 1. The first-order valence-corrected chi connectivity index (χ1v) is 4.68. The number of nitrogens with zero attached hydrogens (tertiary/aromatic N) is 6. The van der Waals surface area contributed by atoms with Crippen molar-refractivity contribution in [3.8, 4) is 22.4 Å². The summed E-state index contributed by atoms with van der Waals surface area (Å²) in [6.07, 6.45) is 2.93. The van der Waals surface area contributed by atoms with Gasteiger partial charge >= 0.3 is 0 Å².